The zero-order chi connectivity index (χ0) is 16.3. The van der Waals surface area contributed by atoms with E-state index in [4.69, 9.17) is 12.2 Å². The van der Waals surface area contributed by atoms with Crippen molar-refractivity contribution in [2.75, 3.05) is 6.54 Å². The number of carbonyl (C=O) groups excluding carboxylic acids is 1. The first-order valence-electron chi connectivity index (χ1n) is 7.69. The van der Waals surface area contributed by atoms with Crippen LogP contribution in [0.2, 0.25) is 0 Å². The minimum Gasteiger partial charge on any atom is -0.293 e. The van der Waals surface area contributed by atoms with Gasteiger partial charge in [0.25, 0.3) is 5.91 Å². The fourth-order valence-electron chi connectivity index (χ4n) is 2.24. The Morgan fingerprint density at radius 1 is 1.23 bits per heavy atom. The SMILES string of the molecule is CCCCN1C(=O)C(=Cc2ccc(C(C)(C)C)cc2)SC1=S. The molecule has 0 spiro atoms. The lowest BCUT2D eigenvalue weighted by atomic mass is 9.87. The van der Waals surface area contributed by atoms with Crippen LogP contribution in [0.3, 0.4) is 0 Å². The lowest BCUT2D eigenvalue weighted by molar-refractivity contribution is -0.122. The molecule has 1 heterocycles. The summed E-state index contributed by atoms with van der Waals surface area (Å²) in [6.45, 7) is 9.42. The highest BCUT2D eigenvalue weighted by Gasteiger charge is 2.31. The van der Waals surface area contributed by atoms with Gasteiger partial charge in [0, 0.05) is 6.54 Å². The van der Waals surface area contributed by atoms with E-state index in [1.807, 2.05) is 6.08 Å². The minimum atomic E-state index is 0.0448. The van der Waals surface area contributed by atoms with Crippen LogP contribution in [0.4, 0.5) is 0 Å². The third-order valence-corrected chi connectivity index (χ3v) is 5.06. The van der Waals surface area contributed by atoms with E-state index in [-0.39, 0.29) is 11.3 Å². The summed E-state index contributed by atoms with van der Waals surface area (Å²) in [4.78, 5) is 14.8. The van der Waals surface area contributed by atoms with Crippen LogP contribution in [0.25, 0.3) is 6.08 Å². The molecular weight excluding hydrogens is 310 g/mol. The number of unbranched alkanes of at least 4 members (excludes halogenated alkanes) is 1. The van der Waals surface area contributed by atoms with Crippen LogP contribution in [0, 0.1) is 0 Å². The topological polar surface area (TPSA) is 20.3 Å². The number of thioether (sulfide) groups is 1. The Labute approximate surface area is 143 Å². The second-order valence-corrected chi connectivity index (χ2v) is 8.23. The normalized spacial score (nSPS) is 17.6. The summed E-state index contributed by atoms with van der Waals surface area (Å²) in [6.07, 6.45) is 3.99. The van der Waals surface area contributed by atoms with Crippen LogP contribution in [0.1, 0.15) is 51.7 Å². The number of nitrogens with zero attached hydrogens (tertiary/aromatic N) is 1. The first-order chi connectivity index (χ1) is 10.3. The number of benzene rings is 1. The molecule has 1 saturated heterocycles. The van der Waals surface area contributed by atoms with Crippen LogP contribution < -0.4 is 0 Å². The average Bonchev–Trinajstić information content (AvgIpc) is 2.71. The molecule has 1 aromatic carbocycles. The van der Waals surface area contributed by atoms with Crippen molar-refractivity contribution >= 4 is 40.3 Å². The Bertz CT molecular complexity index is 597. The van der Waals surface area contributed by atoms with Gasteiger partial charge in [0.15, 0.2) is 0 Å². The Hall–Kier alpha value is -1.13. The fourth-order valence-corrected chi connectivity index (χ4v) is 3.55. The van der Waals surface area contributed by atoms with Gasteiger partial charge in [-0.15, -0.1) is 0 Å². The number of amides is 1. The number of thiocarbonyl (C=S) groups is 1. The second kappa shape index (κ2) is 6.97. The van der Waals surface area contributed by atoms with Crippen molar-refractivity contribution in [3.63, 3.8) is 0 Å². The summed E-state index contributed by atoms with van der Waals surface area (Å²) >= 11 is 6.73. The quantitative estimate of drug-likeness (QED) is 0.572. The molecule has 1 fully saturated rings. The Morgan fingerprint density at radius 2 is 1.86 bits per heavy atom. The average molecular weight is 334 g/mol. The minimum absolute atomic E-state index is 0.0448. The van der Waals surface area contributed by atoms with Gasteiger partial charge in [-0.3, -0.25) is 9.69 Å². The molecule has 1 aliphatic rings. The summed E-state index contributed by atoms with van der Waals surface area (Å²) in [6, 6.07) is 8.39. The second-order valence-electron chi connectivity index (χ2n) is 6.56. The molecule has 0 radical (unpaired) electrons. The maximum absolute atomic E-state index is 12.4. The Balaban J connectivity index is 2.16. The molecule has 0 atom stereocenters. The molecule has 1 aromatic rings. The molecule has 22 heavy (non-hydrogen) atoms. The van der Waals surface area contributed by atoms with Gasteiger partial charge >= 0.3 is 0 Å². The van der Waals surface area contributed by atoms with Crippen molar-refractivity contribution in [1.82, 2.24) is 4.90 Å². The fraction of sp³-hybridized carbons (Fsp3) is 0.444. The molecule has 2 rings (SSSR count). The van der Waals surface area contributed by atoms with Crippen molar-refractivity contribution in [1.29, 1.82) is 0 Å². The molecule has 0 saturated carbocycles. The number of hydrogen-bond acceptors (Lipinski definition) is 3. The molecule has 0 aromatic heterocycles. The van der Waals surface area contributed by atoms with Gasteiger partial charge in [-0.2, -0.15) is 0 Å². The van der Waals surface area contributed by atoms with E-state index in [0.717, 1.165) is 29.9 Å². The van der Waals surface area contributed by atoms with Gasteiger partial charge < -0.3 is 0 Å². The summed E-state index contributed by atoms with van der Waals surface area (Å²) in [5, 5.41) is 0. The lowest BCUT2D eigenvalue weighted by Gasteiger charge is -2.18. The molecule has 1 amide bonds. The van der Waals surface area contributed by atoms with E-state index >= 15 is 0 Å². The first-order valence-corrected chi connectivity index (χ1v) is 8.91. The summed E-state index contributed by atoms with van der Waals surface area (Å²) in [5.41, 5.74) is 2.48. The zero-order valence-corrected chi connectivity index (χ0v) is 15.3. The largest absolute Gasteiger partial charge is 0.293 e. The molecule has 0 N–H and O–H groups in total. The van der Waals surface area contributed by atoms with Gasteiger partial charge in [-0.05, 0) is 29.0 Å². The predicted molar refractivity (Wildman–Crippen MR) is 99.9 cm³/mol. The van der Waals surface area contributed by atoms with E-state index in [0.29, 0.717) is 4.32 Å². The van der Waals surface area contributed by atoms with Gasteiger partial charge in [0.05, 0.1) is 4.91 Å². The van der Waals surface area contributed by atoms with Crippen molar-refractivity contribution in [3.05, 3.63) is 40.3 Å². The van der Waals surface area contributed by atoms with Crippen LogP contribution >= 0.6 is 24.0 Å². The van der Waals surface area contributed by atoms with Crippen LogP contribution in [0.15, 0.2) is 29.2 Å². The van der Waals surface area contributed by atoms with Crippen molar-refractivity contribution in [2.45, 2.75) is 46.0 Å². The maximum Gasteiger partial charge on any atom is 0.266 e. The Morgan fingerprint density at radius 3 is 2.41 bits per heavy atom. The van der Waals surface area contributed by atoms with Gasteiger partial charge in [0.2, 0.25) is 0 Å². The highest BCUT2D eigenvalue weighted by atomic mass is 32.2. The van der Waals surface area contributed by atoms with Gasteiger partial charge in [0.1, 0.15) is 4.32 Å². The molecule has 2 nitrogen and oxygen atoms in total. The standard InChI is InChI=1S/C18H23NOS2/c1-5-6-11-19-16(20)15(22-17(19)21)12-13-7-9-14(10-8-13)18(2,3)4/h7-10,12H,5-6,11H2,1-4H3. The van der Waals surface area contributed by atoms with Crippen molar-refractivity contribution < 1.29 is 4.79 Å². The zero-order valence-electron chi connectivity index (χ0n) is 13.7. The molecule has 4 heteroatoms. The number of rotatable bonds is 4. The molecular formula is C18H23NOS2. The van der Waals surface area contributed by atoms with E-state index in [9.17, 15) is 4.79 Å². The third-order valence-electron chi connectivity index (χ3n) is 3.68. The molecule has 0 aliphatic carbocycles. The van der Waals surface area contributed by atoms with E-state index in [2.05, 4.69) is 52.0 Å². The highest BCUT2D eigenvalue weighted by molar-refractivity contribution is 8.26. The maximum atomic E-state index is 12.4. The smallest absolute Gasteiger partial charge is 0.266 e. The highest BCUT2D eigenvalue weighted by Crippen LogP contribution is 2.33. The summed E-state index contributed by atoms with van der Waals surface area (Å²) < 4.78 is 0.677. The monoisotopic (exact) mass is 333 g/mol. The summed E-state index contributed by atoms with van der Waals surface area (Å²) in [5.74, 6) is 0.0448. The number of carbonyl (C=O) groups is 1. The van der Waals surface area contributed by atoms with Crippen LogP contribution in [-0.4, -0.2) is 21.7 Å². The van der Waals surface area contributed by atoms with Crippen LogP contribution in [-0.2, 0) is 10.2 Å². The molecule has 0 bridgehead atoms. The molecule has 118 valence electrons. The van der Waals surface area contributed by atoms with Gasteiger partial charge in [-0.25, -0.2) is 0 Å². The van der Waals surface area contributed by atoms with Gasteiger partial charge in [-0.1, -0.05) is 82.4 Å². The van der Waals surface area contributed by atoms with E-state index < -0.39 is 0 Å². The first kappa shape index (κ1) is 17.2. The van der Waals surface area contributed by atoms with E-state index in [1.54, 1.807) is 4.90 Å². The number of hydrogen-bond donors (Lipinski definition) is 0. The Kier molecular flexibility index (Phi) is 5.45. The third kappa shape index (κ3) is 3.99. The van der Waals surface area contributed by atoms with Crippen molar-refractivity contribution in [2.24, 2.45) is 0 Å². The molecule has 0 unspecified atom stereocenters. The van der Waals surface area contributed by atoms with Crippen molar-refractivity contribution in [3.8, 4) is 0 Å². The lowest BCUT2D eigenvalue weighted by Crippen LogP contribution is -2.28. The predicted octanol–water partition coefficient (Wildman–Crippen LogP) is 4.99. The van der Waals surface area contributed by atoms with E-state index in [1.165, 1.54) is 17.3 Å². The van der Waals surface area contributed by atoms with Crippen LogP contribution in [0.5, 0.6) is 0 Å². The summed E-state index contributed by atoms with van der Waals surface area (Å²) in [7, 11) is 0. The molecule has 1 aliphatic heterocycles.